The van der Waals surface area contributed by atoms with Crippen LogP contribution in [-0.2, 0) is 15.2 Å². The molecule has 1 aliphatic heterocycles. The van der Waals surface area contributed by atoms with Crippen molar-refractivity contribution in [2.24, 2.45) is 0 Å². The highest BCUT2D eigenvalue weighted by Crippen LogP contribution is 2.44. The Labute approximate surface area is 176 Å². The predicted molar refractivity (Wildman–Crippen MR) is 111 cm³/mol. The molecule has 152 valence electrons. The number of nitrogens with one attached hydrogen (secondary N) is 1. The lowest BCUT2D eigenvalue weighted by Crippen LogP contribution is -2.58. The normalized spacial score (nSPS) is 18.0. The highest BCUT2D eigenvalue weighted by Gasteiger charge is 2.58. The van der Waals surface area contributed by atoms with Crippen molar-refractivity contribution in [2.45, 2.75) is 31.9 Å². The number of fused-ring (bicyclic) bond motifs is 1. The van der Waals surface area contributed by atoms with Gasteiger partial charge in [-0.3, -0.25) is 19.7 Å². The summed E-state index contributed by atoms with van der Waals surface area (Å²) in [4.78, 5) is 39.0. The lowest BCUT2D eigenvalue weighted by molar-refractivity contribution is -0.386. The first-order chi connectivity index (χ1) is 13.5. The molecule has 9 heteroatoms. The Morgan fingerprint density at radius 2 is 1.90 bits per heavy atom. The molecule has 0 spiro atoms. The van der Waals surface area contributed by atoms with Gasteiger partial charge in [0.2, 0.25) is 0 Å². The van der Waals surface area contributed by atoms with Crippen LogP contribution in [0.15, 0.2) is 46.9 Å². The van der Waals surface area contributed by atoms with Crippen LogP contribution in [0.25, 0.3) is 0 Å². The number of benzene rings is 2. The van der Waals surface area contributed by atoms with Crippen LogP contribution in [0.2, 0.25) is 0 Å². The van der Waals surface area contributed by atoms with Crippen molar-refractivity contribution >= 4 is 39.1 Å². The van der Waals surface area contributed by atoms with Gasteiger partial charge in [0.25, 0.3) is 17.4 Å². The fourth-order valence-corrected chi connectivity index (χ4v) is 3.37. The third-order valence-corrected chi connectivity index (χ3v) is 5.36. The Kier molecular flexibility index (Phi) is 5.12. The van der Waals surface area contributed by atoms with E-state index in [0.29, 0.717) is 10.2 Å². The summed E-state index contributed by atoms with van der Waals surface area (Å²) in [6, 6.07) is 10.6. The number of rotatable bonds is 4. The lowest BCUT2D eigenvalue weighted by atomic mass is 9.91. The lowest BCUT2D eigenvalue weighted by Gasteiger charge is -2.38. The molecular weight excluding hydrogens is 442 g/mol. The second kappa shape index (κ2) is 7.14. The Hall–Kier alpha value is -2.94. The fraction of sp³-hybridized carbons (Fsp3) is 0.300. The van der Waals surface area contributed by atoms with Crippen molar-refractivity contribution in [1.29, 1.82) is 0 Å². The van der Waals surface area contributed by atoms with Gasteiger partial charge in [0.05, 0.1) is 4.92 Å². The van der Waals surface area contributed by atoms with E-state index in [2.05, 4.69) is 21.2 Å². The van der Waals surface area contributed by atoms with E-state index < -0.39 is 27.9 Å². The molecule has 0 bridgehead atoms. The number of carbonyl (C=O) groups is 2. The maximum absolute atomic E-state index is 13.6. The molecule has 0 aromatic heterocycles. The largest absolute Gasteiger partial charge is 0.455 e. The molecule has 1 N–H and O–H groups in total. The first-order valence-corrected chi connectivity index (χ1v) is 9.60. The standard InChI is InChI=1S/C20H20BrN3O5/c1-19(2,3)23(4)18(26)20(29-16-8-6-5-7-15(16)24(27)28)13-11-12(21)9-10-14(13)22-17(20)25/h5-11H,1-4H3,(H,22,25). The van der Waals surface area contributed by atoms with Crippen LogP contribution in [0.4, 0.5) is 11.4 Å². The number of anilines is 1. The van der Waals surface area contributed by atoms with E-state index >= 15 is 0 Å². The second-order valence-electron chi connectivity index (χ2n) is 7.69. The quantitative estimate of drug-likeness (QED) is 0.423. The number of likely N-dealkylation sites (N-methyl/N-ethyl adjacent to an activating group) is 1. The molecule has 2 aromatic carbocycles. The summed E-state index contributed by atoms with van der Waals surface area (Å²) in [6.45, 7) is 5.45. The van der Waals surface area contributed by atoms with Gasteiger partial charge in [-0.25, -0.2) is 0 Å². The molecule has 29 heavy (non-hydrogen) atoms. The summed E-state index contributed by atoms with van der Waals surface area (Å²) in [7, 11) is 1.57. The van der Waals surface area contributed by atoms with E-state index in [4.69, 9.17) is 4.74 Å². The van der Waals surface area contributed by atoms with Crippen molar-refractivity contribution in [2.75, 3.05) is 12.4 Å². The molecule has 0 radical (unpaired) electrons. The average Bonchev–Trinajstić information content (AvgIpc) is 2.92. The Morgan fingerprint density at radius 1 is 1.24 bits per heavy atom. The number of nitro benzene ring substituents is 1. The van der Waals surface area contributed by atoms with E-state index in [1.54, 1.807) is 31.3 Å². The minimum Gasteiger partial charge on any atom is -0.455 e. The van der Waals surface area contributed by atoms with Crippen LogP contribution in [0, 0.1) is 10.1 Å². The fourth-order valence-electron chi connectivity index (χ4n) is 3.01. The molecule has 2 aromatic rings. The zero-order valence-electron chi connectivity index (χ0n) is 16.4. The summed E-state index contributed by atoms with van der Waals surface area (Å²) < 4.78 is 6.60. The third-order valence-electron chi connectivity index (χ3n) is 4.87. The smallest absolute Gasteiger partial charge is 0.311 e. The Morgan fingerprint density at radius 3 is 2.52 bits per heavy atom. The molecular formula is C20H20BrN3O5. The molecule has 3 rings (SSSR count). The van der Waals surface area contributed by atoms with Gasteiger partial charge in [0.1, 0.15) is 0 Å². The van der Waals surface area contributed by atoms with Crippen molar-refractivity contribution in [3.63, 3.8) is 0 Å². The monoisotopic (exact) mass is 461 g/mol. The number of carbonyl (C=O) groups excluding carboxylic acids is 2. The highest BCUT2D eigenvalue weighted by atomic mass is 79.9. The van der Waals surface area contributed by atoms with E-state index in [0.717, 1.165) is 0 Å². The van der Waals surface area contributed by atoms with Crippen molar-refractivity contribution in [3.8, 4) is 5.75 Å². The maximum atomic E-state index is 13.6. The molecule has 8 nitrogen and oxygen atoms in total. The van der Waals surface area contributed by atoms with Crippen molar-refractivity contribution in [1.82, 2.24) is 4.90 Å². The molecule has 0 saturated carbocycles. The second-order valence-corrected chi connectivity index (χ2v) is 8.60. The van der Waals surface area contributed by atoms with Gasteiger partial charge in [-0.2, -0.15) is 0 Å². The number of ether oxygens (including phenoxy) is 1. The number of halogens is 1. The minimum absolute atomic E-state index is 0.170. The van der Waals surface area contributed by atoms with Gasteiger partial charge < -0.3 is 15.0 Å². The maximum Gasteiger partial charge on any atom is 0.311 e. The molecule has 1 atom stereocenters. The summed E-state index contributed by atoms with van der Waals surface area (Å²) in [5.74, 6) is -1.50. The molecule has 0 aliphatic carbocycles. The zero-order chi connectivity index (χ0) is 21.6. The van der Waals surface area contributed by atoms with Crippen LogP contribution in [0.3, 0.4) is 0 Å². The van der Waals surface area contributed by atoms with Crippen LogP contribution in [-0.4, -0.2) is 34.2 Å². The van der Waals surface area contributed by atoms with Gasteiger partial charge >= 0.3 is 5.69 Å². The molecule has 1 heterocycles. The number of nitro groups is 1. The molecule has 1 unspecified atom stereocenters. The van der Waals surface area contributed by atoms with Gasteiger partial charge in [-0.15, -0.1) is 0 Å². The summed E-state index contributed by atoms with van der Waals surface area (Å²) in [6.07, 6.45) is 0. The number of hydrogen-bond acceptors (Lipinski definition) is 5. The molecule has 0 fully saturated rings. The van der Waals surface area contributed by atoms with Crippen molar-refractivity contribution in [3.05, 3.63) is 62.6 Å². The van der Waals surface area contributed by atoms with Crippen LogP contribution in [0.1, 0.15) is 26.3 Å². The van der Waals surface area contributed by atoms with E-state index in [9.17, 15) is 19.7 Å². The first kappa shape index (κ1) is 20.8. The number of nitrogens with zero attached hydrogens (tertiary/aromatic N) is 2. The Bertz CT molecular complexity index is 1020. The number of hydrogen-bond donors (Lipinski definition) is 1. The average molecular weight is 462 g/mol. The summed E-state index contributed by atoms with van der Waals surface area (Å²) in [5.41, 5.74) is -2.36. The van der Waals surface area contributed by atoms with Crippen LogP contribution < -0.4 is 10.1 Å². The van der Waals surface area contributed by atoms with Crippen LogP contribution in [0.5, 0.6) is 5.75 Å². The number of para-hydroxylation sites is 2. The van der Waals surface area contributed by atoms with Crippen molar-refractivity contribution < 1.29 is 19.2 Å². The molecule has 2 amide bonds. The van der Waals surface area contributed by atoms with E-state index in [-0.39, 0.29) is 17.0 Å². The summed E-state index contributed by atoms with van der Waals surface area (Å²) >= 11 is 3.36. The van der Waals surface area contributed by atoms with Gasteiger partial charge in [0.15, 0.2) is 5.75 Å². The van der Waals surface area contributed by atoms with Gasteiger partial charge in [-0.1, -0.05) is 28.1 Å². The van der Waals surface area contributed by atoms with E-state index in [1.165, 1.54) is 23.1 Å². The molecule has 1 aliphatic rings. The topological polar surface area (TPSA) is 102 Å². The predicted octanol–water partition coefficient (Wildman–Crippen LogP) is 3.84. The van der Waals surface area contributed by atoms with Gasteiger partial charge in [0, 0.05) is 34.4 Å². The SMILES string of the molecule is CN(C(=O)C1(Oc2ccccc2[N+](=O)[O-])C(=O)Nc2ccc(Br)cc21)C(C)(C)C. The number of amides is 2. The third kappa shape index (κ3) is 3.46. The first-order valence-electron chi connectivity index (χ1n) is 8.80. The minimum atomic E-state index is -2.10. The Balaban J connectivity index is 2.25. The van der Waals surface area contributed by atoms with Gasteiger partial charge in [-0.05, 0) is 45.0 Å². The molecule has 0 saturated heterocycles. The summed E-state index contributed by atoms with van der Waals surface area (Å²) in [5, 5.41) is 14.1. The highest BCUT2D eigenvalue weighted by molar-refractivity contribution is 9.10. The zero-order valence-corrected chi connectivity index (χ0v) is 17.9. The van der Waals surface area contributed by atoms with E-state index in [1.807, 2.05) is 20.8 Å². The van der Waals surface area contributed by atoms with Crippen LogP contribution >= 0.6 is 15.9 Å².